The SMILES string of the molecule is CCCC(O)C1CC1(C)O. The van der Waals surface area contributed by atoms with Crippen LogP contribution in [-0.2, 0) is 0 Å². The van der Waals surface area contributed by atoms with Crippen molar-refractivity contribution in [2.24, 2.45) is 5.92 Å². The van der Waals surface area contributed by atoms with Gasteiger partial charge in [0.05, 0.1) is 11.7 Å². The van der Waals surface area contributed by atoms with Crippen LogP contribution in [0.5, 0.6) is 0 Å². The molecule has 60 valence electrons. The van der Waals surface area contributed by atoms with Gasteiger partial charge in [0.1, 0.15) is 0 Å². The molecular formula is C8H16O2. The summed E-state index contributed by atoms with van der Waals surface area (Å²) in [7, 11) is 0. The van der Waals surface area contributed by atoms with Crippen molar-refractivity contribution in [1.29, 1.82) is 0 Å². The number of aliphatic hydroxyl groups is 2. The lowest BCUT2D eigenvalue weighted by molar-refractivity contribution is 0.0768. The third-order valence-corrected chi connectivity index (χ3v) is 2.32. The van der Waals surface area contributed by atoms with E-state index in [-0.39, 0.29) is 12.0 Å². The highest BCUT2D eigenvalue weighted by atomic mass is 16.3. The summed E-state index contributed by atoms with van der Waals surface area (Å²) in [5.74, 6) is 0.146. The minimum absolute atomic E-state index is 0.146. The Morgan fingerprint density at radius 2 is 2.20 bits per heavy atom. The molecule has 2 N–H and O–H groups in total. The normalized spacial score (nSPS) is 41.4. The molecule has 0 aromatic heterocycles. The van der Waals surface area contributed by atoms with E-state index in [4.69, 9.17) is 0 Å². The Labute approximate surface area is 61.9 Å². The van der Waals surface area contributed by atoms with Gasteiger partial charge >= 0.3 is 0 Å². The summed E-state index contributed by atoms with van der Waals surface area (Å²) in [5, 5.41) is 18.7. The Balaban J connectivity index is 2.25. The van der Waals surface area contributed by atoms with E-state index in [1.54, 1.807) is 6.92 Å². The molecule has 0 amide bonds. The number of hydrogen-bond acceptors (Lipinski definition) is 2. The highest BCUT2D eigenvalue weighted by Crippen LogP contribution is 2.46. The van der Waals surface area contributed by atoms with Crippen molar-refractivity contribution in [2.75, 3.05) is 0 Å². The minimum atomic E-state index is -0.561. The average molecular weight is 144 g/mol. The Kier molecular flexibility index (Phi) is 2.02. The van der Waals surface area contributed by atoms with E-state index in [0.717, 1.165) is 19.3 Å². The summed E-state index contributed by atoms with van der Waals surface area (Å²) in [6.45, 7) is 3.83. The standard InChI is InChI=1S/C8H16O2/c1-3-4-7(9)6-5-8(6,2)10/h6-7,9-10H,3-5H2,1-2H3. The van der Waals surface area contributed by atoms with Crippen LogP contribution in [0.2, 0.25) is 0 Å². The molecule has 10 heavy (non-hydrogen) atoms. The van der Waals surface area contributed by atoms with E-state index in [2.05, 4.69) is 0 Å². The Morgan fingerprint density at radius 3 is 2.50 bits per heavy atom. The third kappa shape index (κ3) is 1.50. The van der Waals surface area contributed by atoms with Gasteiger partial charge in [-0.2, -0.15) is 0 Å². The Morgan fingerprint density at radius 1 is 1.70 bits per heavy atom. The van der Waals surface area contributed by atoms with Gasteiger partial charge in [-0.05, 0) is 19.8 Å². The van der Waals surface area contributed by atoms with Crippen molar-refractivity contribution >= 4 is 0 Å². The molecule has 2 nitrogen and oxygen atoms in total. The zero-order valence-corrected chi connectivity index (χ0v) is 6.67. The molecule has 0 heterocycles. The maximum absolute atomic E-state index is 9.36. The molecule has 1 aliphatic rings. The van der Waals surface area contributed by atoms with Gasteiger partial charge in [0.25, 0.3) is 0 Å². The van der Waals surface area contributed by atoms with Crippen LogP contribution in [0.4, 0.5) is 0 Å². The van der Waals surface area contributed by atoms with Gasteiger partial charge < -0.3 is 10.2 Å². The van der Waals surface area contributed by atoms with Gasteiger partial charge in [-0.1, -0.05) is 13.3 Å². The summed E-state index contributed by atoms with van der Waals surface area (Å²) in [4.78, 5) is 0. The fraction of sp³-hybridized carbons (Fsp3) is 1.00. The van der Waals surface area contributed by atoms with Crippen molar-refractivity contribution in [2.45, 2.75) is 44.8 Å². The van der Waals surface area contributed by atoms with Crippen molar-refractivity contribution in [3.63, 3.8) is 0 Å². The molecule has 0 aromatic rings. The zero-order chi connectivity index (χ0) is 7.78. The molecule has 1 fully saturated rings. The Bertz CT molecular complexity index is 120. The molecule has 0 bridgehead atoms. The lowest BCUT2D eigenvalue weighted by Crippen LogP contribution is -2.16. The molecule has 1 aliphatic carbocycles. The van der Waals surface area contributed by atoms with Crippen LogP contribution in [0.25, 0.3) is 0 Å². The first-order valence-corrected chi connectivity index (χ1v) is 3.98. The highest BCUT2D eigenvalue weighted by molar-refractivity contribution is 5.02. The number of aliphatic hydroxyl groups excluding tert-OH is 1. The summed E-state index contributed by atoms with van der Waals surface area (Å²) < 4.78 is 0. The van der Waals surface area contributed by atoms with Crippen LogP contribution in [0.1, 0.15) is 33.1 Å². The van der Waals surface area contributed by atoms with Crippen LogP contribution in [-0.4, -0.2) is 21.9 Å². The largest absolute Gasteiger partial charge is 0.393 e. The van der Waals surface area contributed by atoms with Gasteiger partial charge in [-0.15, -0.1) is 0 Å². The van der Waals surface area contributed by atoms with Gasteiger partial charge in [0.2, 0.25) is 0 Å². The van der Waals surface area contributed by atoms with Crippen molar-refractivity contribution in [3.8, 4) is 0 Å². The van der Waals surface area contributed by atoms with Crippen LogP contribution in [0.3, 0.4) is 0 Å². The quantitative estimate of drug-likeness (QED) is 0.618. The molecule has 0 spiro atoms. The van der Waals surface area contributed by atoms with Gasteiger partial charge in [-0.25, -0.2) is 0 Å². The number of hydrogen-bond donors (Lipinski definition) is 2. The molecule has 2 heteroatoms. The fourth-order valence-electron chi connectivity index (χ4n) is 1.43. The molecule has 1 saturated carbocycles. The summed E-state index contributed by atoms with van der Waals surface area (Å²) in [6.07, 6.45) is 2.31. The first-order valence-electron chi connectivity index (χ1n) is 3.98. The third-order valence-electron chi connectivity index (χ3n) is 2.32. The summed E-state index contributed by atoms with van der Waals surface area (Å²) in [5.41, 5.74) is -0.561. The minimum Gasteiger partial charge on any atom is -0.393 e. The highest BCUT2D eigenvalue weighted by Gasteiger charge is 2.52. The van der Waals surface area contributed by atoms with E-state index < -0.39 is 5.60 Å². The summed E-state index contributed by atoms with van der Waals surface area (Å²) >= 11 is 0. The zero-order valence-electron chi connectivity index (χ0n) is 6.67. The Hall–Kier alpha value is -0.0800. The second kappa shape index (κ2) is 2.51. The molecule has 1 rings (SSSR count). The maximum atomic E-state index is 9.36. The van der Waals surface area contributed by atoms with E-state index in [1.165, 1.54) is 0 Å². The van der Waals surface area contributed by atoms with Crippen LogP contribution >= 0.6 is 0 Å². The molecule has 0 saturated heterocycles. The van der Waals surface area contributed by atoms with E-state index >= 15 is 0 Å². The monoisotopic (exact) mass is 144 g/mol. The predicted octanol–water partition coefficient (Wildman–Crippen LogP) is 0.918. The predicted molar refractivity (Wildman–Crippen MR) is 39.6 cm³/mol. The second-order valence-corrected chi connectivity index (χ2v) is 3.52. The van der Waals surface area contributed by atoms with Gasteiger partial charge in [0, 0.05) is 5.92 Å². The van der Waals surface area contributed by atoms with Crippen LogP contribution in [0, 0.1) is 5.92 Å². The molecule has 3 atom stereocenters. The second-order valence-electron chi connectivity index (χ2n) is 3.52. The molecule has 3 unspecified atom stereocenters. The lowest BCUT2D eigenvalue weighted by Gasteiger charge is -2.09. The molecule has 0 aliphatic heterocycles. The molecule has 0 radical (unpaired) electrons. The first-order chi connectivity index (χ1) is 4.58. The average Bonchev–Trinajstić information content (AvgIpc) is 2.41. The first kappa shape index (κ1) is 8.02. The fourth-order valence-corrected chi connectivity index (χ4v) is 1.43. The summed E-state index contributed by atoms with van der Waals surface area (Å²) in [6, 6.07) is 0. The molecule has 0 aromatic carbocycles. The number of rotatable bonds is 3. The smallest absolute Gasteiger partial charge is 0.0678 e. The van der Waals surface area contributed by atoms with E-state index in [9.17, 15) is 10.2 Å². The lowest BCUT2D eigenvalue weighted by atomic mass is 10.1. The van der Waals surface area contributed by atoms with Crippen molar-refractivity contribution in [3.05, 3.63) is 0 Å². The van der Waals surface area contributed by atoms with Crippen LogP contribution < -0.4 is 0 Å². The topological polar surface area (TPSA) is 40.5 Å². The maximum Gasteiger partial charge on any atom is 0.0678 e. The van der Waals surface area contributed by atoms with Crippen molar-refractivity contribution < 1.29 is 10.2 Å². The van der Waals surface area contributed by atoms with Gasteiger partial charge in [-0.3, -0.25) is 0 Å². The molecular weight excluding hydrogens is 128 g/mol. The van der Waals surface area contributed by atoms with E-state index in [0.29, 0.717) is 0 Å². The van der Waals surface area contributed by atoms with Crippen LogP contribution in [0.15, 0.2) is 0 Å². The van der Waals surface area contributed by atoms with Gasteiger partial charge in [0.15, 0.2) is 0 Å². The van der Waals surface area contributed by atoms with E-state index in [1.807, 2.05) is 6.92 Å². The van der Waals surface area contributed by atoms with Crippen molar-refractivity contribution in [1.82, 2.24) is 0 Å².